The molecule has 0 spiro atoms. The molecule has 2 aliphatic heterocycles. The van der Waals surface area contributed by atoms with Crippen LogP contribution in [0.3, 0.4) is 0 Å². The SMILES string of the molecule is CC(N)C1CCN(C(=O)CN2C(=O)CSc3ccccc32)CC1.Cl. The fourth-order valence-electron chi connectivity index (χ4n) is 3.24. The second kappa shape index (κ2) is 8.23. The minimum absolute atomic E-state index is 0. The largest absolute Gasteiger partial charge is 0.341 e. The van der Waals surface area contributed by atoms with Crippen molar-refractivity contribution in [2.75, 3.05) is 30.3 Å². The number of hydrogen-bond donors (Lipinski definition) is 1. The van der Waals surface area contributed by atoms with Gasteiger partial charge in [0.1, 0.15) is 6.54 Å². The Balaban J connectivity index is 0.00000208. The summed E-state index contributed by atoms with van der Waals surface area (Å²) < 4.78 is 0. The van der Waals surface area contributed by atoms with Crippen LogP contribution >= 0.6 is 24.2 Å². The fraction of sp³-hybridized carbons (Fsp3) is 0.529. The van der Waals surface area contributed by atoms with E-state index in [1.807, 2.05) is 36.1 Å². The fourth-order valence-corrected chi connectivity index (χ4v) is 4.17. The van der Waals surface area contributed by atoms with Crippen LogP contribution in [0.4, 0.5) is 5.69 Å². The number of benzene rings is 1. The van der Waals surface area contributed by atoms with Gasteiger partial charge < -0.3 is 15.5 Å². The summed E-state index contributed by atoms with van der Waals surface area (Å²) in [5, 5.41) is 0. The van der Waals surface area contributed by atoms with E-state index in [2.05, 4.69) is 0 Å². The molecule has 1 aromatic rings. The highest BCUT2D eigenvalue weighted by Gasteiger charge is 2.30. The second-order valence-corrected chi connectivity index (χ2v) is 7.33. The van der Waals surface area contributed by atoms with Crippen LogP contribution in [-0.4, -0.2) is 48.1 Å². The number of rotatable bonds is 3. The third-order valence-corrected chi connectivity index (χ3v) is 5.79. The van der Waals surface area contributed by atoms with E-state index in [4.69, 9.17) is 5.73 Å². The van der Waals surface area contributed by atoms with E-state index in [1.165, 1.54) is 11.8 Å². The Morgan fingerprint density at radius 3 is 2.67 bits per heavy atom. The Labute approximate surface area is 153 Å². The van der Waals surface area contributed by atoms with Crippen molar-refractivity contribution in [2.24, 2.45) is 11.7 Å². The Hall–Kier alpha value is -1.24. The number of nitrogens with zero attached hydrogens (tertiary/aromatic N) is 2. The molecule has 0 aromatic heterocycles. The predicted molar refractivity (Wildman–Crippen MR) is 99.7 cm³/mol. The van der Waals surface area contributed by atoms with Crippen LogP contribution in [-0.2, 0) is 9.59 Å². The van der Waals surface area contributed by atoms with Gasteiger partial charge in [0.15, 0.2) is 0 Å². The summed E-state index contributed by atoms with van der Waals surface area (Å²) in [6.45, 7) is 3.65. The molecule has 0 aliphatic carbocycles. The Kier molecular flexibility index (Phi) is 6.54. The van der Waals surface area contributed by atoms with Gasteiger partial charge in [-0.15, -0.1) is 24.2 Å². The maximum Gasteiger partial charge on any atom is 0.242 e. The van der Waals surface area contributed by atoms with Crippen molar-refractivity contribution < 1.29 is 9.59 Å². The number of para-hydroxylation sites is 1. The molecule has 0 saturated carbocycles. The van der Waals surface area contributed by atoms with E-state index >= 15 is 0 Å². The molecule has 7 heteroatoms. The molecule has 3 rings (SSSR count). The number of halogens is 1. The Morgan fingerprint density at radius 2 is 2.00 bits per heavy atom. The summed E-state index contributed by atoms with van der Waals surface area (Å²) in [5.74, 6) is 0.931. The quantitative estimate of drug-likeness (QED) is 0.886. The first-order valence-corrected chi connectivity index (χ1v) is 9.10. The van der Waals surface area contributed by atoms with Gasteiger partial charge in [-0.3, -0.25) is 9.59 Å². The minimum atomic E-state index is 0. The summed E-state index contributed by atoms with van der Waals surface area (Å²) in [7, 11) is 0. The second-order valence-electron chi connectivity index (χ2n) is 6.31. The smallest absolute Gasteiger partial charge is 0.242 e. The van der Waals surface area contributed by atoms with E-state index in [-0.39, 0.29) is 36.8 Å². The highest BCUT2D eigenvalue weighted by Crippen LogP contribution is 2.34. The van der Waals surface area contributed by atoms with Crippen molar-refractivity contribution in [1.29, 1.82) is 0 Å². The zero-order valence-electron chi connectivity index (χ0n) is 13.8. The first-order valence-electron chi connectivity index (χ1n) is 8.12. The molecule has 2 aliphatic rings. The molecule has 0 bridgehead atoms. The van der Waals surface area contributed by atoms with Crippen LogP contribution in [0.5, 0.6) is 0 Å². The highest BCUT2D eigenvalue weighted by molar-refractivity contribution is 8.00. The van der Waals surface area contributed by atoms with Gasteiger partial charge in [0.25, 0.3) is 0 Å². The summed E-state index contributed by atoms with van der Waals surface area (Å²) in [6, 6.07) is 7.96. The third-order valence-electron chi connectivity index (χ3n) is 4.74. The van der Waals surface area contributed by atoms with E-state index in [1.54, 1.807) is 4.90 Å². The van der Waals surface area contributed by atoms with Gasteiger partial charge in [0, 0.05) is 24.0 Å². The first-order chi connectivity index (χ1) is 11.1. The number of thioether (sulfide) groups is 1. The molecule has 5 nitrogen and oxygen atoms in total. The van der Waals surface area contributed by atoms with Crippen LogP contribution in [0.2, 0.25) is 0 Å². The van der Waals surface area contributed by atoms with Gasteiger partial charge >= 0.3 is 0 Å². The molecule has 1 aromatic carbocycles. The van der Waals surface area contributed by atoms with E-state index in [0.717, 1.165) is 36.5 Å². The molecule has 24 heavy (non-hydrogen) atoms. The molecular formula is C17H24ClN3O2S. The van der Waals surface area contributed by atoms with Crippen molar-refractivity contribution in [3.63, 3.8) is 0 Å². The van der Waals surface area contributed by atoms with Gasteiger partial charge in [0.05, 0.1) is 11.4 Å². The monoisotopic (exact) mass is 369 g/mol. The van der Waals surface area contributed by atoms with Gasteiger partial charge in [-0.2, -0.15) is 0 Å². The van der Waals surface area contributed by atoms with Gasteiger partial charge in [-0.1, -0.05) is 12.1 Å². The Morgan fingerprint density at radius 1 is 1.33 bits per heavy atom. The van der Waals surface area contributed by atoms with E-state index in [9.17, 15) is 9.59 Å². The molecule has 132 valence electrons. The zero-order chi connectivity index (χ0) is 16.4. The molecule has 1 saturated heterocycles. The van der Waals surface area contributed by atoms with E-state index < -0.39 is 0 Å². The summed E-state index contributed by atoms with van der Waals surface area (Å²) >= 11 is 1.54. The Bertz CT molecular complexity index is 603. The number of hydrogen-bond acceptors (Lipinski definition) is 4. The lowest BCUT2D eigenvalue weighted by molar-refractivity contribution is -0.132. The molecule has 1 fully saturated rings. The molecule has 2 heterocycles. The zero-order valence-corrected chi connectivity index (χ0v) is 15.4. The molecule has 0 radical (unpaired) electrons. The summed E-state index contributed by atoms with van der Waals surface area (Å²) in [5.41, 5.74) is 6.80. The van der Waals surface area contributed by atoms with Crippen molar-refractivity contribution in [3.8, 4) is 0 Å². The van der Waals surface area contributed by atoms with Crippen LogP contribution < -0.4 is 10.6 Å². The number of anilines is 1. The normalized spacial score (nSPS) is 19.5. The first kappa shape index (κ1) is 19.1. The summed E-state index contributed by atoms with van der Waals surface area (Å²) in [4.78, 5) is 29.4. The maximum atomic E-state index is 12.6. The number of likely N-dealkylation sites (tertiary alicyclic amines) is 1. The van der Waals surface area contributed by atoms with Crippen LogP contribution in [0, 0.1) is 5.92 Å². The van der Waals surface area contributed by atoms with Gasteiger partial charge in [-0.05, 0) is 37.8 Å². The summed E-state index contributed by atoms with van der Waals surface area (Å²) in [6.07, 6.45) is 1.90. The number of nitrogens with two attached hydrogens (primary N) is 1. The standard InChI is InChI=1S/C17H23N3O2S.ClH/c1-12(18)13-6-8-19(9-7-13)16(21)10-20-14-4-2-3-5-15(14)23-11-17(20)22;/h2-5,12-13H,6-11,18H2,1H3;1H. The lowest BCUT2D eigenvalue weighted by Crippen LogP contribution is -2.48. The van der Waals surface area contributed by atoms with Crippen molar-refractivity contribution in [3.05, 3.63) is 24.3 Å². The molecule has 1 unspecified atom stereocenters. The molecule has 1 atom stereocenters. The molecule has 2 amide bonds. The number of fused-ring (bicyclic) bond motifs is 1. The number of amides is 2. The predicted octanol–water partition coefficient (Wildman–Crippen LogP) is 2.13. The van der Waals surface area contributed by atoms with E-state index in [0.29, 0.717) is 11.7 Å². The topological polar surface area (TPSA) is 66.6 Å². The third kappa shape index (κ3) is 4.05. The van der Waals surface area contributed by atoms with Crippen molar-refractivity contribution in [1.82, 2.24) is 4.90 Å². The number of carbonyl (C=O) groups is 2. The van der Waals surface area contributed by atoms with Crippen LogP contribution in [0.25, 0.3) is 0 Å². The highest BCUT2D eigenvalue weighted by atomic mass is 35.5. The maximum absolute atomic E-state index is 12.6. The lowest BCUT2D eigenvalue weighted by atomic mass is 9.91. The number of piperidine rings is 1. The van der Waals surface area contributed by atoms with Crippen LogP contribution in [0.1, 0.15) is 19.8 Å². The minimum Gasteiger partial charge on any atom is -0.341 e. The van der Waals surface area contributed by atoms with Crippen molar-refractivity contribution >= 4 is 41.7 Å². The van der Waals surface area contributed by atoms with Gasteiger partial charge in [0.2, 0.25) is 11.8 Å². The van der Waals surface area contributed by atoms with Crippen molar-refractivity contribution in [2.45, 2.75) is 30.7 Å². The average molecular weight is 370 g/mol. The average Bonchev–Trinajstić information content (AvgIpc) is 2.57. The van der Waals surface area contributed by atoms with Gasteiger partial charge in [-0.25, -0.2) is 0 Å². The van der Waals surface area contributed by atoms with Crippen LogP contribution in [0.15, 0.2) is 29.2 Å². The molecular weight excluding hydrogens is 346 g/mol. The number of carbonyl (C=O) groups excluding carboxylic acids is 2. The molecule has 2 N–H and O–H groups in total. The lowest BCUT2D eigenvalue weighted by Gasteiger charge is -2.36.